The van der Waals surface area contributed by atoms with Crippen molar-refractivity contribution in [2.45, 2.75) is 62.8 Å². The molecule has 0 spiro atoms. The maximum Gasteiger partial charge on any atom is 0.411 e. The second-order valence-electron chi connectivity index (χ2n) is 9.24. The third-order valence-corrected chi connectivity index (χ3v) is 7.18. The Morgan fingerprint density at radius 3 is 2.17 bits per heavy atom. The van der Waals surface area contributed by atoms with E-state index < -0.39 is 39.8 Å². The van der Waals surface area contributed by atoms with Crippen LogP contribution >= 0.6 is 0 Å². The Labute approximate surface area is 206 Å². The molecule has 0 saturated carbocycles. The number of benzene rings is 2. The highest BCUT2D eigenvalue weighted by Gasteiger charge is 2.44. The zero-order valence-corrected chi connectivity index (χ0v) is 21.2. The monoisotopic (exact) mass is 504 g/mol. The first kappa shape index (κ1) is 26.7. The summed E-state index contributed by atoms with van der Waals surface area (Å²) in [5, 5.41) is 0. The minimum absolute atomic E-state index is 0.0102. The summed E-state index contributed by atoms with van der Waals surface area (Å²) in [5.74, 6) is -0.586. The Morgan fingerprint density at radius 2 is 1.60 bits per heavy atom. The molecule has 1 amide bonds. The molecule has 1 saturated heterocycles. The van der Waals surface area contributed by atoms with Crippen LogP contribution in [-0.2, 0) is 35.7 Å². The second-order valence-corrected chi connectivity index (χ2v) is 11.0. The number of esters is 1. The van der Waals surface area contributed by atoms with Crippen molar-refractivity contribution in [2.75, 3.05) is 13.7 Å². The molecule has 1 fully saturated rings. The molecule has 2 aromatic carbocycles. The lowest BCUT2D eigenvalue weighted by molar-refractivity contribution is -0.157. The normalized spacial score (nSPS) is 18.8. The summed E-state index contributed by atoms with van der Waals surface area (Å²) in [5.41, 5.74) is -0.0161. The first-order valence-corrected chi connectivity index (χ1v) is 12.8. The number of piperidine rings is 1. The molecule has 0 unspecified atom stereocenters. The molecule has 0 bridgehead atoms. The molecule has 35 heavy (non-hydrogen) atoms. The van der Waals surface area contributed by atoms with Crippen LogP contribution in [0.25, 0.3) is 0 Å². The van der Waals surface area contributed by atoms with Gasteiger partial charge in [0, 0.05) is 6.54 Å². The lowest BCUT2D eigenvalue weighted by atomic mass is 9.99. The van der Waals surface area contributed by atoms with Gasteiger partial charge in [0.25, 0.3) is 10.0 Å². The minimum atomic E-state index is -4.08. The molecule has 9 nitrogen and oxygen atoms in total. The largest absolute Gasteiger partial charge is 0.467 e. The molecule has 0 aliphatic carbocycles. The van der Waals surface area contributed by atoms with E-state index in [0.717, 1.165) is 10.0 Å². The SMILES string of the molecule is COC(=O)[C@@H]1CC[C@@H](N(OCc2ccccc2)S(=O)(=O)c2ccccc2)CN1C(=O)OC(C)(C)C. The molecule has 2 aromatic rings. The number of nitrogens with zero attached hydrogens (tertiary/aromatic N) is 2. The molecular weight excluding hydrogens is 472 g/mol. The highest BCUT2D eigenvalue weighted by molar-refractivity contribution is 7.89. The van der Waals surface area contributed by atoms with E-state index in [2.05, 4.69) is 0 Å². The van der Waals surface area contributed by atoms with Crippen molar-refractivity contribution in [1.29, 1.82) is 0 Å². The topological polar surface area (TPSA) is 102 Å². The lowest BCUT2D eigenvalue weighted by Gasteiger charge is -2.41. The third kappa shape index (κ3) is 6.81. The van der Waals surface area contributed by atoms with Crippen molar-refractivity contribution in [3.8, 4) is 0 Å². The third-order valence-electron chi connectivity index (χ3n) is 5.44. The summed E-state index contributed by atoms with van der Waals surface area (Å²) >= 11 is 0. The fourth-order valence-electron chi connectivity index (χ4n) is 3.81. The predicted molar refractivity (Wildman–Crippen MR) is 128 cm³/mol. The van der Waals surface area contributed by atoms with E-state index in [4.69, 9.17) is 14.3 Å². The van der Waals surface area contributed by atoms with E-state index in [1.54, 1.807) is 39.0 Å². The summed E-state index contributed by atoms with van der Waals surface area (Å²) in [7, 11) is -2.84. The summed E-state index contributed by atoms with van der Waals surface area (Å²) in [6.07, 6.45) is -0.260. The van der Waals surface area contributed by atoms with Gasteiger partial charge in [-0.1, -0.05) is 53.0 Å². The number of sulfonamides is 1. The lowest BCUT2D eigenvalue weighted by Crippen LogP contribution is -2.58. The van der Waals surface area contributed by atoms with Gasteiger partial charge in [-0.2, -0.15) is 0 Å². The molecule has 1 heterocycles. The number of ether oxygens (including phenoxy) is 2. The quantitative estimate of drug-likeness (QED) is 0.418. The number of amides is 1. The Kier molecular flexibility index (Phi) is 8.52. The van der Waals surface area contributed by atoms with Gasteiger partial charge in [0.05, 0.1) is 24.7 Å². The van der Waals surface area contributed by atoms with Crippen LogP contribution in [-0.4, -0.2) is 61.2 Å². The predicted octanol–water partition coefficient (Wildman–Crippen LogP) is 3.75. The Bertz CT molecular complexity index is 1100. The van der Waals surface area contributed by atoms with Crippen LogP contribution in [0, 0.1) is 0 Å². The van der Waals surface area contributed by atoms with Crippen molar-refractivity contribution in [1.82, 2.24) is 9.37 Å². The molecule has 0 N–H and O–H groups in total. The van der Waals surface area contributed by atoms with E-state index in [1.165, 1.54) is 24.1 Å². The first-order valence-electron chi connectivity index (χ1n) is 11.4. The van der Waals surface area contributed by atoms with Crippen LogP contribution < -0.4 is 0 Å². The maximum absolute atomic E-state index is 13.6. The van der Waals surface area contributed by atoms with Crippen molar-refractivity contribution in [3.05, 3.63) is 66.2 Å². The van der Waals surface area contributed by atoms with Gasteiger partial charge < -0.3 is 9.47 Å². The molecular formula is C25H32N2O7S. The molecule has 0 aromatic heterocycles. The van der Waals surface area contributed by atoms with Crippen molar-refractivity contribution in [3.63, 3.8) is 0 Å². The smallest absolute Gasteiger partial charge is 0.411 e. The van der Waals surface area contributed by atoms with Crippen LogP contribution in [0.5, 0.6) is 0 Å². The van der Waals surface area contributed by atoms with Crippen molar-refractivity contribution in [2.24, 2.45) is 0 Å². The molecule has 1 aliphatic heterocycles. The average molecular weight is 505 g/mol. The summed E-state index contributed by atoms with van der Waals surface area (Å²) in [4.78, 5) is 32.6. The van der Waals surface area contributed by atoms with Crippen LogP contribution in [0.4, 0.5) is 4.79 Å². The number of methoxy groups -OCH3 is 1. The van der Waals surface area contributed by atoms with Crippen LogP contribution in [0.3, 0.4) is 0 Å². The zero-order valence-electron chi connectivity index (χ0n) is 20.4. The minimum Gasteiger partial charge on any atom is -0.467 e. The molecule has 2 atom stereocenters. The highest BCUT2D eigenvalue weighted by atomic mass is 32.2. The van der Waals surface area contributed by atoms with Crippen LogP contribution in [0.2, 0.25) is 0 Å². The molecule has 1 aliphatic rings. The summed E-state index contributed by atoms with van der Waals surface area (Å²) < 4.78 is 38.6. The van der Waals surface area contributed by atoms with Gasteiger partial charge in [-0.15, -0.1) is 0 Å². The van der Waals surface area contributed by atoms with Gasteiger partial charge in [-0.3, -0.25) is 9.74 Å². The fraction of sp³-hybridized carbons (Fsp3) is 0.440. The number of carbonyl (C=O) groups is 2. The molecule has 10 heteroatoms. The summed E-state index contributed by atoms with van der Waals surface area (Å²) in [6, 6.07) is 15.5. The number of rotatable bonds is 7. The Morgan fingerprint density at radius 1 is 1.00 bits per heavy atom. The molecule has 190 valence electrons. The van der Waals surface area contributed by atoms with Gasteiger partial charge in [0.2, 0.25) is 0 Å². The molecule has 3 rings (SSSR count). The zero-order chi connectivity index (χ0) is 25.6. The van der Waals surface area contributed by atoms with E-state index in [-0.39, 0.29) is 30.9 Å². The highest BCUT2D eigenvalue weighted by Crippen LogP contribution is 2.29. The Hall–Kier alpha value is -2.95. The van der Waals surface area contributed by atoms with Crippen LogP contribution in [0.15, 0.2) is 65.6 Å². The number of hydroxylamine groups is 1. The number of likely N-dealkylation sites (tertiary alicyclic amines) is 1. The maximum atomic E-state index is 13.6. The van der Waals surface area contributed by atoms with Crippen LogP contribution in [0.1, 0.15) is 39.2 Å². The average Bonchev–Trinajstić information content (AvgIpc) is 2.83. The van der Waals surface area contributed by atoms with E-state index >= 15 is 0 Å². The van der Waals surface area contributed by atoms with Gasteiger partial charge >= 0.3 is 12.1 Å². The standard InChI is InChI=1S/C25H32N2O7S/c1-25(2,3)34-24(29)26-17-20(15-16-22(26)23(28)32-4)27(33-18-19-11-7-5-8-12-19)35(30,31)21-13-9-6-10-14-21/h5-14,20,22H,15-18H2,1-4H3/t20-,22+/m1/s1. The first-order chi connectivity index (χ1) is 16.5. The van der Waals surface area contributed by atoms with Gasteiger partial charge in [0.1, 0.15) is 11.6 Å². The van der Waals surface area contributed by atoms with Crippen molar-refractivity contribution < 1.29 is 32.3 Å². The van der Waals surface area contributed by atoms with Crippen molar-refractivity contribution >= 4 is 22.1 Å². The van der Waals surface area contributed by atoms with E-state index in [9.17, 15) is 18.0 Å². The van der Waals surface area contributed by atoms with Gasteiger partial charge in [-0.25, -0.2) is 18.0 Å². The Balaban J connectivity index is 1.93. The van der Waals surface area contributed by atoms with Gasteiger partial charge in [-0.05, 0) is 51.3 Å². The second kappa shape index (κ2) is 11.2. The van der Waals surface area contributed by atoms with Gasteiger partial charge in [0.15, 0.2) is 0 Å². The van der Waals surface area contributed by atoms with E-state index in [1.807, 2.05) is 30.3 Å². The fourth-order valence-corrected chi connectivity index (χ4v) is 5.27. The summed E-state index contributed by atoms with van der Waals surface area (Å²) in [6.45, 7) is 5.06. The molecule has 0 radical (unpaired) electrons. The number of carbonyl (C=O) groups excluding carboxylic acids is 2. The number of hydrogen-bond donors (Lipinski definition) is 0. The van der Waals surface area contributed by atoms with E-state index in [0.29, 0.717) is 0 Å². The number of hydrogen-bond acceptors (Lipinski definition) is 7.